The van der Waals surface area contributed by atoms with E-state index in [4.69, 9.17) is 21.1 Å². The van der Waals surface area contributed by atoms with E-state index in [2.05, 4.69) is 5.32 Å². The zero-order chi connectivity index (χ0) is 13.9. The Kier molecular flexibility index (Phi) is 4.37. The topological polar surface area (TPSA) is 30.5 Å². The maximum Gasteiger partial charge on any atom is 0.179 e. The van der Waals surface area contributed by atoms with Crippen LogP contribution in [0, 0.1) is 5.92 Å². The summed E-state index contributed by atoms with van der Waals surface area (Å²) < 4.78 is 11.3. The molecular weight excluding hydrogens is 274 g/mol. The van der Waals surface area contributed by atoms with Gasteiger partial charge in [-0.2, -0.15) is 0 Å². The van der Waals surface area contributed by atoms with Gasteiger partial charge in [0.15, 0.2) is 11.5 Å². The lowest BCUT2D eigenvalue weighted by molar-refractivity contribution is 0.283. The highest BCUT2D eigenvalue weighted by Gasteiger charge is 2.22. The van der Waals surface area contributed by atoms with Crippen LogP contribution in [0.2, 0.25) is 5.02 Å². The van der Waals surface area contributed by atoms with Crippen LogP contribution in [0.3, 0.4) is 0 Å². The Morgan fingerprint density at radius 3 is 2.70 bits per heavy atom. The largest absolute Gasteiger partial charge is 0.493 e. The van der Waals surface area contributed by atoms with Crippen molar-refractivity contribution in [2.24, 2.45) is 5.92 Å². The highest BCUT2D eigenvalue weighted by atomic mass is 35.5. The molecule has 20 heavy (non-hydrogen) atoms. The fourth-order valence-corrected chi connectivity index (χ4v) is 2.59. The van der Waals surface area contributed by atoms with Gasteiger partial charge < -0.3 is 14.8 Å². The molecule has 0 atom stereocenters. The SMILES string of the molecule is COc1cc(CNC2CC2)cc(Cl)c1OCCC1CC1. The second-order valence-electron chi connectivity index (χ2n) is 5.84. The minimum atomic E-state index is 0.646. The molecule has 0 unspecified atom stereocenters. The van der Waals surface area contributed by atoms with Gasteiger partial charge in [-0.3, -0.25) is 0 Å². The second kappa shape index (κ2) is 6.23. The van der Waals surface area contributed by atoms with Crippen LogP contribution >= 0.6 is 11.6 Å². The molecule has 2 fully saturated rings. The van der Waals surface area contributed by atoms with Crippen LogP contribution in [-0.4, -0.2) is 19.8 Å². The normalized spacial score (nSPS) is 18.1. The highest BCUT2D eigenvalue weighted by Crippen LogP contribution is 2.38. The van der Waals surface area contributed by atoms with Crippen LogP contribution in [-0.2, 0) is 6.54 Å². The third kappa shape index (κ3) is 3.80. The van der Waals surface area contributed by atoms with Gasteiger partial charge in [0.2, 0.25) is 0 Å². The van der Waals surface area contributed by atoms with Crippen molar-refractivity contribution in [2.75, 3.05) is 13.7 Å². The third-order valence-electron chi connectivity index (χ3n) is 3.93. The van der Waals surface area contributed by atoms with Crippen molar-refractivity contribution in [1.29, 1.82) is 0 Å². The molecule has 4 heteroatoms. The molecule has 2 aliphatic rings. The first-order valence-corrected chi connectivity index (χ1v) is 7.86. The summed E-state index contributed by atoms with van der Waals surface area (Å²) >= 11 is 6.34. The van der Waals surface area contributed by atoms with Gasteiger partial charge in [0.25, 0.3) is 0 Å². The van der Waals surface area contributed by atoms with Crippen molar-refractivity contribution in [3.8, 4) is 11.5 Å². The number of nitrogens with one attached hydrogen (secondary N) is 1. The molecule has 1 aromatic carbocycles. The molecule has 1 aromatic rings. The molecule has 2 saturated carbocycles. The standard InChI is InChI=1S/C16H22ClNO2/c1-19-15-9-12(10-18-13-4-5-13)8-14(17)16(15)20-7-6-11-2-3-11/h8-9,11,13,18H,2-7,10H2,1H3. The molecule has 0 aliphatic heterocycles. The third-order valence-corrected chi connectivity index (χ3v) is 4.21. The zero-order valence-corrected chi connectivity index (χ0v) is 12.7. The predicted octanol–water partition coefficient (Wildman–Crippen LogP) is 3.78. The molecule has 3 rings (SSSR count). The van der Waals surface area contributed by atoms with Crippen LogP contribution in [0.25, 0.3) is 0 Å². The van der Waals surface area contributed by atoms with Crippen LogP contribution in [0.4, 0.5) is 0 Å². The van der Waals surface area contributed by atoms with E-state index < -0.39 is 0 Å². The lowest BCUT2D eigenvalue weighted by atomic mass is 10.2. The number of benzene rings is 1. The number of rotatable bonds is 8. The Bertz CT molecular complexity index is 470. The van der Waals surface area contributed by atoms with Crippen molar-refractivity contribution in [3.05, 3.63) is 22.7 Å². The van der Waals surface area contributed by atoms with Crippen LogP contribution in [0.15, 0.2) is 12.1 Å². The van der Waals surface area contributed by atoms with Gasteiger partial charge in [-0.25, -0.2) is 0 Å². The monoisotopic (exact) mass is 295 g/mol. The number of methoxy groups -OCH3 is 1. The van der Waals surface area contributed by atoms with Crippen molar-refractivity contribution in [3.63, 3.8) is 0 Å². The first-order valence-electron chi connectivity index (χ1n) is 7.49. The average molecular weight is 296 g/mol. The Labute approximate surface area is 125 Å². The van der Waals surface area contributed by atoms with E-state index in [0.29, 0.717) is 16.8 Å². The molecule has 1 N–H and O–H groups in total. The first kappa shape index (κ1) is 14.0. The number of hydrogen-bond donors (Lipinski definition) is 1. The van der Waals surface area contributed by atoms with E-state index in [1.54, 1.807) is 7.11 Å². The van der Waals surface area contributed by atoms with Gasteiger partial charge in [0.1, 0.15) is 0 Å². The van der Waals surface area contributed by atoms with Gasteiger partial charge in [0, 0.05) is 12.6 Å². The second-order valence-corrected chi connectivity index (χ2v) is 6.25. The molecule has 3 nitrogen and oxygen atoms in total. The first-order chi connectivity index (χ1) is 9.76. The highest BCUT2D eigenvalue weighted by molar-refractivity contribution is 6.32. The van der Waals surface area contributed by atoms with Crippen LogP contribution in [0.5, 0.6) is 11.5 Å². The summed E-state index contributed by atoms with van der Waals surface area (Å²) in [6.45, 7) is 1.56. The number of hydrogen-bond acceptors (Lipinski definition) is 3. The Hall–Kier alpha value is -0.930. The van der Waals surface area contributed by atoms with Crippen molar-refractivity contribution in [1.82, 2.24) is 5.32 Å². The molecule has 0 radical (unpaired) electrons. The molecule has 110 valence electrons. The van der Waals surface area contributed by atoms with E-state index in [-0.39, 0.29) is 0 Å². The Morgan fingerprint density at radius 2 is 2.05 bits per heavy atom. The maximum absolute atomic E-state index is 6.34. The summed E-state index contributed by atoms with van der Waals surface area (Å²) in [4.78, 5) is 0. The molecule has 0 amide bonds. The number of ether oxygens (including phenoxy) is 2. The Morgan fingerprint density at radius 1 is 1.25 bits per heavy atom. The minimum absolute atomic E-state index is 0.646. The van der Waals surface area contributed by atoms with E-state index in [1.165, 1.54) is 25.7 Å². The molecule has 0 saturated heterocycles. The lowest BCUT2D eigenvalue weighted by Gasteiger charge is -2.14. The maximum atomic E-state index is 6.34. The molecular formula is C16H22ClNO2. The van der Waals surface area contributed by atoms with E-state index in [1.807, 2.05) is 12.1 Å². The Balaban J connectivity index is 1.63. The molecule has 0 heterocycles. The number of halogens is 1. The van der Waals surface area contributed by atoms with E-state index >= 15 is 0 Å². The van der Waals surface area contributed by atoms with Crippen molar-refractivity contribution in [2.45, 2.75) is 44.7 Å². The summed E-state index contributed by atoms with van der Waals surface area (Å²) in [7, 11) is 1.66. The predicted molar refractivity (Wildman–Crippen MR) is 80.7 cm³/mol. The van der Waals surface area contributed by atoms with Gasteiger partial charge in [0.05, 0.1) is 18.7 Å². The fraction of sp³-hybridized carbons (Fsp3) is 0.625. The van der Waals surface area contributed by atoms with Gasteiger partial charge in [-0.15, -0.1) is 0 Å². The summed E-state index contributed by atoms with van der Waals surface area (Å²) in [5.41, 5.74) is 1.15. The zero-order valence-electron chi connectivity index (χ0n) is 12.0. The molecule has 2 aliphatic carbocycles. The van der Waals surface area contributed by atoms with E-state index in [9.17, 15) is 0 Å². The summed E-state index contributed by atoms with van der Waals surface area (Å²) in [5.74, 6) is 2.28. The average Bonchev–Trinajstić information content (AvgIpc) is 3.32. The van der Waals surface area contributed by atoms with Crippen molar-refractivity contribution < 1.29 is 9.47 Å². The molecule has 0 aromatic heterocycles. The van der Waals surface area contributed by atoms with Gasteiger partial charge >= 0.3 is 0 Å². The lowest BCUT2D eigenvalue weighted by Crippen LogP contribution is -2.15. The van der Waals surface area contributed by atoms with Crippen LogP contribution < -0.4 is 14.8 Å². The fourth-order valence-electron chi connectivity index (χ4n) is 2.30. The minimum Gasteiger partial charge on any atom is -0.493 e. The quantitative estimate of drug-likeness (QED) is 0.792. The van der Waals surface area contributed by atoms with Crippen LogP contribution in [0.1, 0.15) is 37.7 Å². The van der Waals surface area contributed by atoms with Gasteiger partial charge in [-0.05, 0) is 42.9 Å². The van der Waals surface area contributed by atoms with E-state index in [0.717, 1.165) is 36.8 Å². The summed E-state index contributed by atoms with van der Waals surface area (Å²) in [6, 6.07) is 4.69. The summed E-state index contributed by atoms with van der Waals surface area (Å²) in [5, 5.41) is 4.13. The van der Waals surface area contributed by atoms with Crippen molar-refractivity contribution >= 4 is 11.6 Å². The molecule has 0 bridgehead atoms. The molecule has 0 spiro atoms. The van der Waals surface area contributed by atoms with Gasteiger partial charge in [-0.1, -0.05) is 24.4 Å². The smallest absolute Gasteiger partial charge is 0.179 e. The summed E-state index contributed by atoms with van der Waals surface area (Å²) in [6.07, 6.45) is 6.38.